The number of aromatic nitrogens is 2. The van der Waals surface area contributed by atoms with Crippen LogP contribution in [0.5, 0.6) is 0 Å². The van der Waals surface area contributed by atoms with Crippen molar-refractivity contribution in [2.45, 2.75) is 24.3 Å². The average molecular weight is 241 g/mol. The Morgan fingerprint density at radius 2 is 2.53 bits per heavy atom. The minimum absolute atomic E-state index is 0.620. The highest BCUT2D eigenvalue weighted by Crippen LogP contribution is 2.20. The SMILES string of the molecule is CC(CCN)SCc1cn2ccsc2n1. The van der Waals surface area contributed by atoms with Crippen molar-refractivity contribution >= 4 is 28.1 Å². The molecule has 3 nitrogen and oxygen atoms in total. The van der Waals surface area contributed by atoms with Crippen LogP contribution >= 0.6 is 23.1 Å². The molecule has 0 saturated carbocycles. The maximum atomic E-state index is 5.51. The second-order valence-electron chi connectivity index (χ2n) is 3.52. The highest BCUT2D eigenvalue weighted by Gasteiger charge is 2.05. The van der Waals surface area contributed by atoms with E-state index in [-0.39, 0.29) is 0 Å². The summed E-state index contributed by atoms with van der Waals surface area (Å²) in [6.07, 6.45) is 5.23. The topological polar surface area (TPSA) is 43.3 Å². The Morgan fingerprint density at radius 3 is 3.27 bits per heavy atom. The highest BCUT2D eigenvalue weighted by molar-refractivity contribution is 7.99. The summed E-state index contributed by atoms with van der Waals surface area (Å²) in [4.78, 5) is 5.61. The first kappa shape index (κ1) is 11.0. The van der Waals surface area contributed by atoms with Crippen molar-refractivity contribution in [1.29, 1.82) is 0 Å². The number of rotatable bonds is 5. The van der Waals surface area contributed by atoms with Gasteiger partial charge in [-0.3, -0.25) is 4.40 Å². The van der Waals surface area contributed by atoms with E-state index in [1.54, 1.807) is 11.3 Å². The van der Waals surface area contributed by atoms with E-state index >= 15 is 0 Å². The molecule has 2 rings (SSSR count). The molecule has 0 bridgehead atoms. The molecule has 82 valence electrons. The molecule has 1 unspecified atom stereocenters. The van der Waals surface area contributed by atoms with Crippen molar-refractivity contribution < 1.29 is 0 Å². The molecular weight excluding hydrogens is 226 g/mol. The molecule has 0 aromatic carbocycles. The number of thioether (sulfide) groups is 1. The van der Waals surface area contributed by atoms with Gasteiger partial charge in [-0.05, 0) is 13.0 Å². The lowest BCUT2D eigenvalue weighted by Crippen LogP contribution is -2.07. The van der Waals surface area contributed by atoms with Gasteiger partial charge in [0.2, 0.25) is 0 Å². The molecule has 0 aliphatic heterocycles. The smallest absolute Gasteiger partial charge is 0.193 e. The van der Waals surface area contributed by atoms with Crippen molar-refractivity contribution in [1.82, 2.24) is 9.38 Å². The van der Waals surface area contributed by atoms with Crippen molar-refractivity contribution in [3.05, 3.63) is 23.5 Å². The predicted molar refractivity (Wildman–Crippen MR) is 67.5 cm³/mol. The molecule has 2 aromatic rings. The van der Waals surface area contributed by atoms with Gasteiger partial charge in [0, 0.05) is 28.8 Å². The molecule has 2 heterocycles. The summed E-state index contributed by atoms with van der Waals surface area (Å²) < 4.78 is 2.08. The fourth-order valence-corrected chi connectivity index (χ4v) is 3.01. The Morgan fingerprint density at radius 1 is 1.67 bits per heavy atom. The first-order valence-electron chi connectivity index (χ1n) is 5.02. The molecule has 0 radical (unpaired) electrons. The van der Waals surface area contributed by atoms with Gasteiger partial charge in [-0.2, -0.15) is 11.8 Å². The van der Waals surface area contributed by atoms with Crippen LogP contribution in [-0.4, -0.2) is 21.2 Å². The van der Waals surface area contributed by atoms with E-state index in [1.807, 2.05) is 18.0 Å². The number of hydrogen-bond donors (Lipinski definition) is 1. The first-order chi connectivity index (χ1) is 7.29. The lowest BCUT2D eigenvalue weighted by atomic mass is 10.3. The summed E-state index contributed by atoms with van der Waals surface area (Å²) >= 11 is 3.60. The molecule has 0 spiro atoms. The fourth-order valence-electron chi connectivity index (χ4n) is 1.39. The number of fused-ring (bicyclic) bond motifs is 1. The third kappa shape index (κ3) is 2.74. The normalized spacial score (nSPS) is 13.5. The van der Waals surface area contributed by atoms with E-state index in [9.17, 15) is 0 Å². The Balaban J connectivity index is 1.92. The van der Waals surface area contributed by atoms with Crippen LogP contribution in [-0.2, 0) is 5.75 Å². The van der Waals surface area contributed by atoms with Gasteiger partial charge < -0.3 is 5.73 Å². The molecule has 0 saturated heterocycles. The third-order valence-electron chi connectivity index (χ3n) is 2.23. The van der Waals surface area contributed by atoms with Crippen LogP contribution in [0.4, 0.5) is 0 Å². The third-order valence-corrected chi connectivity index (χ3v) is 4.27. The Labute approximate surface area is 97.7 Å². The van der Waals surface area contributed by atoms with Crippen LogP contribution in [0.2, 0.25) is 0 Å². The van der Waals surface area contributed by atoms with E-state index in [0.717, 1.165) is 29.4 Å². The van der Waals surface area contributed by atoms with Crippen LogP contribution < -0.4 is 5.73 Å². The van der Waals surface area contributed by atoms with Gasteiger partial charge in [-0.25, -0.2) is 4.98 Å². The molecule has 0 fully saturated rings. The highest BCUT2D eigenvalue weighted by atomic mass is 32.2. The van der Waals surface area contributed by atoms with Crippen molar-refractivity contribution in [3.63, 3.8) is 0 Å². The van der Waals surface area contributed by atoms with Gasteiger partial charge in [0.15, 0.2) is 4.96 Å². The minimum Gasteiger partial charge on any atom is -0.330 e. The van der Waals surface area contributed by atoms with E-state index < -0.39 is 0 Å². The van der Waals surface area contributed by atoms with Gasteiger partial charge >= 0.3 is 0 Å². The first-order valence-corrected chi connectivity index (χ1v) is 6.95. The molecule has 2 aromatic heterocycles. The van der Waals surface area contributed by atoms with Crippen LogP contribution in [0.15, 0.2) is 17.8 Å². The summed E-state index contributed by atoms with van der Waals surface area (Å²) in [7, 11) is 0. The molecule has 0 amide bonds. The maximum absolute atomic E-state index is 5.51. The van der Waals surface area contributed by atoms with Crippen LogP contribution in [0.25, 0.3) is 4.96 Å². The lowest BCUT2D eigenvalue weighted by Gasteiger charge is -2.07. The summed E-state index contributed by atoms with van der Waals surface area (Å²) in [5.41, 5.74) is 6.67. The monoisotopic (exact) mass is 241 g/mol. The van der Waals surface area contributed by atoms with Gasteiger partial charge in [-0.1, -0.05) is 6.92 Å². The quantitative estimate of drug-likeness (QED) is 0.874. The van der Waals surface area contributed by atoms with E-state index in [2.05, 4.69) is 27.9 Å². The van der Waals surface area contributed by atoms with E-state index in [4.69, 9.17) is 5.73 Å². The summed E-state index contributed by atoms with van der Waals surface area (Å²) in [5.74, 6) is 0.982. The molecule has 15 heavy (non-hydrogen) atoms. The number of nitrogens with two attached hydrogens (primary N) is 1. The Hall–Kier alpha value is -0.520. The maximum Gasteiger partial charge on any atom is 0.193 e. The molecule has 5 heteroatoms. The van der Waals surface area contributed by atoms with Crippen LogP contribution in [0.1, 0.15) is 19.0 Å². The lowest BCUT2D eigenvalue weighted by molar-refractivity contribution is 0.822. The number of thiazole rings is 1. The Bertz CT molecular complexity index is 392. The summed E-state index contributed by atoms with van der Waals surface area (Å²) in [6.45, 7) is 2.99. The zero-order valence-corrected chi connectivity index (χ0v) is 10.4. The van der Waals surface area contributed by atoms with E-state index in [0.29, 0.717) is 5.25 Å². The fraction of sp³-hybridized carbons (Fsp3) is 0.500. The second kappa shape index (κ2) is 5.01. The van der Waals surface area contributed by atoms with Gasteiger partial charge in [0.25, 0.3) is 0 Å². The molecule has 0 aliphatic rings. The van der Waals surface area contributed by atoms with Gasteiger partial charge in [0.05, 0.1) is 5.69 Å². The molecule has 2 N–H and O–H groups in total. The van der Waals surface area contributed by atoms with Crippen molar-refractivity contribution in [2.24, 2.45) is 5.73 Å². The average Bonchev–Trinajstić information content (AvgIpc) is 2.74. The molecule has 0 aliphatic carbocycles. The number of nitrogens with zero attached hydrogens (tertiary/aromatic N) is 2. The zero-order valence-electron chi connectivity index (χ0n) is 8.72. The largest absolute Gasteiger partial charge is 0.330 e. The Kier molecular flexibility index (Phi) is 3.66. The summed E-state index contributed by atoms with van der Waals surface area (Å²) in [5, 5.41) is 2.67. The van der Waals surface area contributed by atoms with Gasteiger partial charge in [-0.15, -0.1) is 11.3 Å². The van der Waals surface area contributed by atoms with Crippen LogP contribution in [0, 0.1) is 0 Å². The van der Waals surface area contributed by atoms with E-state index in [1.165, 1.54) is 0 Å². The second-order valence-corrected chi connectivity index (χ2v) is 5.82. The minimum atomic E-state index is 0.620. The number of hydrogen-bond acceptors (Lipinski definition) is 4. The predicted octanol–water partition coefficient (Wildman–Crippen LogP) is 2.37. The van der Waals surface area contributed by atoms with Crippen LogP contribution in [0.3, 0.4) is 0 Å². The summed E-state index contributed by atoms with van der Waals surface area (Å²) in [6, 6.07) is 0. The number of imidazole rings is 1. The van der Waals surface area contributed by atoms with Crippen molar-refractivity contribution in [2.75, 3.05) is 6.54 Å². The molecule has 1 atom stereocenters. The zero-order chi connectivity index (χ0) is 10.7. The standard InChI is InChI=1S/C10H15N3S2/c1-8(2-3-11)15-7-9-6-13-4-5-14-10(13)12-9/h4-6,8H,2-3,7,11H2,1H3. The van der Waals surface area contributed by atoms with Crippen molar-refractivity contribution in [3.8, 4) is 0 Å². The van der Waals surface area contributed by atoms with Gasteiger partial charge in [0.1, 0.15) is 0 Å². The molecular formula is C10H15N3S2.